The first-order valence-electron chi connectivity index (χ1n) is 9.21. The summed E-state index contributed by atoms with van der Waals surface area (Å²) in [7, 11) is 0. The maximum Gasteiger partial charge on any atom is 0.257 e. The molecule has 1 aliphatic rings. The minimum Gasteiger partial charge on any atom is -0.370 e. The second-order valence-electron chi connectivity index (χ2n) is 6.73. The molecule has 5 nitrogen and oxygen atoms in total. The summed E-state index contributed by atoms with van der Waals surface area (Å²) in [5.41, 5.74) is 2.25. The van der Waals surface area contributed by atoms with Gasteiger partial charge in [-0.05, 0) is 42.8 Å². The van der Waals surface area contributed by atoms with E-state index >= 15 is 0 Å². The van der Waals surface area contributed by atoms with Crippen LogP contribution in [0.2, 0.25) is 5.02 Å². The van der Waals surface area contributed by atoms with Crippen LogP contribution in [0.1, 0.15) is 16.8 Å². The number of hydrogen-bond donors (Lipinski definition) is 0. The zero-order valence-electron chi connectivity index (χ0n) is 15.3. The molecule has 4 rings (SSSR count). The van der Waals surface area contributed by atoms with Crippen molar-refractivity contribution in [1.29, 1.82) is 0 Å². The molecular formula is C21H20ClFN4O. The fourth-order valence-corrected chi connectivity index (χ4v) is 3.64. The van der Waals surface area contributed by atoms with E-state index in [0.717, 1.165) is 24.3 Å². The molecule has 0 spiro atoms. The molecule has 2 heterocycles. The first kappa shape index (κ1) is 18.5. The standard InChI is InChI=1S/C21H20ClFN4O/c22-19-4-1-2-5-20(19)27-15-16(14-24-27)21(28)26-11-3-10-25(12-13-26)18-8-6-17(23)7-9-18/h1-2,4-9,14-15H,3,10-13H2. The van der Waals surface area contributed by atoms with Crippen molar-refractivity contribution in [2.75, 3.05) is 31.1 Å². The van der Waals surface area contributed by atoms with Gasteiger partial charge in [-0.1, -0.05) is 23.7 Å². The van der Waals surface area contributed by atoms with Crippen molar-refractivity contribution in [2.45, 2.75) is 6.42 Å². The maximum absolute atomic E-state index is 13.2. The van der Waals surface area contributed by atoms with Crippen LogP contribution in [0.5, 0.6) is 0 Å². The summed E-state index contributed by atoms with van der Waals surface area (Å²) in [5, 5.41) is 4.87. The lowest BCUT2D eigenvalue weighted by Crippen LogP contribution is -2.35. The highest BCUT2D eigenvalue weighted by molar-refractivity contribution is 6.32. The zero-order valence-corrected chi connectivity index (χ0v) is 16.0. The van der Waals surface area contributed by atoms with Crippen LogP contribution in [0.15, 0.2) is 60.9 Å². The summed E-state index contributed by atoms with van der Waals surface area (Å²) in [6.45, 7) is 2.81. The van der Waals surface area contributed by atoms with Gasteiger partial charge in [-0.25, -0.2) is 9.07 Å². The van der Waals surface area contributed by atoms with Gasteiger partial charge in [-0.2, -0.15) is 5.10 Å². The summed E-state index contributed by atoms with van der Waals surface area (Å²) in [5.74, 6) is -0.287. The Balaban J connectivity index is 1.46. The number of nitrogens with zero attached hydrogens (tertiary/aromatic N) is 4. The zero-order chi connectivity index (χ0) is 19.5. The number of aromatic nitrogens is 2. The van der Waals surface area contributed by atoms with Gasteiger partial charge in [0.15, 0.2) is 0 Å². The highest BCUT2D eigenvalue weighted by atomic mass is 35.5. The van der Waals surface area contributed by atoms with E-state index in [1.807, 2.05) is 23.1 Å². The van der Waals surface area contributed by atoms with Gasteiger partial charge in [-0.3, -0.25) is 4.79 Å². The monoisotopic (exact) mass is 398 g/mol. The van der Waals surface area contributed by atoms with E-state index in [9.17, 15) is 9.18 Å². The lowest BCUT2D eigenvalue weighted by molar-refractivity contribution is 0.0767. The molecule has 2 aromatic carbocycles. The van der Waals surface area contributed by atoms with E-state index in [1.165, 1.54) is 12.1 Å². The van der Waals surface area contributed by atoms with Gasteiger partial charge in [0.1, 0.15) is 5.82 Å². The number of anilines is 1. The minimum atomic E-state index is -0.245. The fourth-order valence-electron chi connectivity index (χ4n) is 3.42. The molecule has 0 N–H and O–H groups in total. The number of halogens is 2. The van der Waals surface area contributed by atoms with Crippen LogP contribution in [0.25, 0.3) is 5.69 Å². The molecule has 0 unspecified atom stereocenters. The van der Waals surface area contributed by atoms with Gasteiger partial charge in [-0.15, -0.1) is 0 Å². The van der Waals surface area contributed by atoms with Gasteiger partial charge < -0.3 is 9.80 Å². The topological polar surface area (TPSA) is 41.4 Å². The van der Waals surface area contributed by atoms with Crippen LogP contribution in [0.3, 0.4) is 0 Å². The molecule has 1 fully saturated rings. The molecule has 0 aliphatic carbocycles. The van der Waals surface area contributed by atoms with Crippen LogP contribution in [0.4, 0.5) is 10.1 Å². The number of rotatable bonds is 3. The normalized spacial score (nSPS) is 14.8. The number of amides is 1. The van der Waals surface area contributed by atoms with Crippen molar-refractivity contribution < 1.29 is 9.18 Å². The van der Waals surface area contributed by atoms with Crippen molar-refractivity contribution in [2.24, 2.45) is 0 Å². The van der Waals surface area contributed by atoms with E-state index < -0.39 is 0 Å². The summed E-state index contributed by atoms with van der Waals surface area (Å²) >= 11 is 6.22. The third kappa shape index (κ3) is 3.87. The predicted molar refractivity (Wildman–Crippen MR) is 108 cm³/mol. The third-order valence-corrected chi connectivity index (χ3v) is 5.22. The Morgan fingerprint density at radius 2 is 1.79 bits per heavy atom. The van der Waals surface area contributed by atoms with Crippen molar-refractivity contribution >= 4 is 23.2 Å². The number of hydrogen-bond acceptors (Lipinski definition) is 3. The summed E-state index contributed by atoms with van der Waals surface area (Å²) in [4.78, 5) is 17.0. The lowest BCUT2D eigenvalue weighted by Gasteiger charge is -2.23. The van der Waals surface area contributed by atoms with Crippen molar-refractivity contribution in [3.63, 3.8) is 0 Å². The van der Waals surface area contributed by atoms with E-state index in [-0.39, 0.29) is 11.7 Å². The summed E-state index contributed by atoms with van der Waals surface area (Å²) < 4.78 is 14.8. The highest BCUT2D eigenvalue weighted by Crippen LogP contribution is 2.21. The quantitative estimate of drug-likeness (QED) is 0.669. The van der Waals surface area contributed by atoms with E-state index in [0.29, 0.717) is 30.2 Å². The number of para-hydroxylation sites is 1. The van der Waals surface area contributed by atoms with Gasteiger partial charge in [0.25, 0.3) is 5.91 Å². The average Bonchev–Trinajstić information content (AvgIpc) is 3.06. The SMILES string of the molecule is O=C(c1cnn(-c2ccccc2Cl)c1)N1CCCN(c2ccc(F)cc2)CC1. The van der Waals surface area contributed by atoms with E-state index in [2.05, 4.69) is 10.00 Å². The molecule has 1 aliphatic heterocycles. The molecule has 7 heteroatoms. The Bertz CT molecular complexity index is 973. The van der Waals surface area contributed by atoms with E-state index in [1.54, 1.807) is 35.3 Å². The van der Waals surface area contributed by atoms with Gasteiger partial charge in [0, 0.05) is 38.1 Å². The van der Waals surface area contributed by atoms with Gasteiger partial charge in [0.05, 0.1) is 22.5 Å². The maximum atomic E-state index is 13.2. The van der Waals surface area contributed by atoms with Crippen LogP contribution in [0, 0.1) is 5.82 Å². The highest BCUT2D eigenvalue weighted by Gasteiger charge is 2.22. The molecule has 1 aromatic heterocycles. The number of carbonyl (C=O) groups is 1. The molecule has 144 valence electrons. The molecule has 1 amide bonds. The Morgan fingerprint density at radius 1 is 1.00 bits per heavy atom. The molecule has 0 saturated carbocycles. The van der Waals surface area contributed by atoms with Gasteiger partial charge in [0.2, 0.25) is 0 Å². The van der Waals surface area contributed by atoms with Crippen molar-refractivity contribution in [3.8, 4) is 5.69 Å². The number of carbonyl (C=O) groups excluding carboxylic acids is 1. The first-order valence-corrected chi connectivity index (χ1v) is 9.59. The Hall–Kier alpha value is -2.86. The molecule has 0 radical (unpaired) electrons. The van der Waals surface area contributed by atoms with Crippen LogP contribution < -0.4 is 4.90 Å². The van der Waals surface area contributed by atoms with Crippen molar-refractivity contribution in [3.05, 3.63) is 77.3 Å². The molecule has 0 atom stereocenters. The minimum absolute atomic E-state index is 0.0424. The Kier molecular flexibility index (Phi) is 5.30. The second kappa shape index (κ2) is 8.02. The summed E-state index contributed by atoms with van der Waals surface area (Å²) in [6.07, 6.45) is 4.14. The lowest BCUT2D eigenvalue weighted by atomic mass is 10.2. The number of benzene rings is 2. The fraction of sp³-hybridized carbons (Fsp3) is 0.238. The molecule has 3 aromatic rings. The van der Waals surface area contributed by atoms with Crippen LogP contribution in [-0.4, -0.2) is 46.8 Å². The smallest absolute Gasteiger partial charge is 0.257 e. The average molecular weight is 399 g/mol. The molecule has 0 bridgehead atoms. The Morgan fingerprint density at radius 3 is 2.57 bits per heavy atom. The molecule has 28 heavy (non-hydrogen) atoms. The van der Waals surface area contributed by atoms with E-state index in [4.69, 9.17) is 11.6 Å². The van der Waals surface area contributed by atoms with Crippen LogP contribution in [-0.2, 0) is 0 Å². The molecule has 1 saturated heterocycles. The Labute approximate surface area is 167 Å². The predicted octanol–water partition coefficient (Wildman–Crippen LogP) is 4.02. The second-order valence-corrected chi connectivity index (χ2v) is 7.14. The summed E-state index contributed by atoms with van der Waals surface area (Å²) in [6, 6.07) is 13.9. The van der Waals surface area contributed by atoms with Crippen LogP contribution >= 0.6 is 11.6 Å². The third-order valence-electron chi connectivity index (χ3n) is 4.90. The van der Waals surface area contributed by atoms with Gasteiger partial charge >= 0.3 is 0 Å². The molecular weight excluding hydrogens is 379 g/mol. The largest absolute Gasteiger partial charge is 0.370 e. The van der Waals surface area contributed by atoms with Crippen molar-refractivity contribution in [1.82, 2.24) is 14.7 Å². The first-order chi connectivity index (χ1) is 13.6.